The highest BCUT2D eigenvalue weighted by Gasteiger charge is 2.17. The highest BCUT2D eigenvalue weighted by Crippen LogP contribution is 2.37. The Kier molecular flexibility index (Phi) is 7.53. The molecular formula is C28H36O2. The maximum absolute atomic E-state index is 11.9. The fourth-order valence-electron chi connectivity index (χ4n) is 4.85. The molecule has 0 radical (unpaired) electrons. The van der Waals surface area contributed by atoms with Gasteiger partial charge in [-0.15, -0.1) is 0 Å². The Hall–Kier alpha value is -2.35. The largest absolute Gasteiger partial charge is 0.478 e. The number of rotatable bonds is 10. The standard InChI is InChI=1S/C28H36O2/c1-5-6-7-8-9-10-11-12-15-23-20(3)19(2)21(4)26-24(23)18-17-22-14-13-16-25(27(22)26)28(29)30/h13-14,16-18H,5-12,15H2,1-4H3,(H,29,30). The minimum Gasteiger partial charge on any atom is -0.478 e. The topological polar surface area (TPSA) is 37.3 Å². The van der Waals surface area contributed by atoms with Gasteiger partial charge >= 0.3 is 5.97 Å². The summed E-state index contributed by atoms with van der Waals surface area (Å²) in [4.78, 5) is 11.9. The molecule has 0 bridgehead atoms. The van der Waals surface area contributed by atoms with Crippen molar-refractivity contribution in [3.05, 3.63) is 58.1 Å². The number of aromatic carboxylic acids is 1. The number of hydrogen-bond acceptors (Lipinski definition) is 1. The molecule has 0 atom stereocenters. The summed E-state index contributed by atoms with van der Waals surface area (Å²) >= 11 is 0. The Labute approximate surface area is 181 Å². The highest BCUT2D eigenvalue weighted by molar-refractivity contribution is 6.18. The van der Waals surface area contributed by atoms with Gasteiger partial charge in [-0.05, 0) is 78.1 Å². The van der Waals surface area contributed by atoms with Gasteiger partial charge in [-0.1, -0.05) is 76.1 Å². The van der Waals surface area contributed by atoms with Gasteiger partial charge in [0.25, 0.3) is 0 Å². The van der Waals surface area contributed by atoms with Crippen LogP contribution in [0.15, 0.2) is 30.3 Å². The molecule has 0 fully saturated rings. The molecule has 0 heterocycles. The zero-order valence-electron chi connectivity index (χ0n) is 19.1. The highest BCUT2D eigenvalue weighted by atomic mass is 16.4. The van der Waals surface area contributed by atoms with E-state index in [-0.39, 0.29) is 0 Å². The lowest BCUT2D eigenvalue weighted by atomic mass is 9.85. The smallest absolute Gasteiger partial charge is 0.336 e. The Morgan fingerprint density at radius 3 is 2.10 bits per heavy atom. The van der Waals surface area contributed by atoms with E-state index in [9.17, 15) is 9.90 Å². The van der Waals surface area contributed by atoms with Crippen molar-refractivity contribution in [1.29, 1.82) is 0 Å². The van der Waals surface area contributed by atoms with Gasteiger partial charge in [-0.3, -0.25) is 0 Å². The van der Waals surface area contributed by atoms with Crippen LogP contribution in [0.4, 0.5) is 0 Å². The van der Waals surface area contributed by atoms with E-state index < -0.39 is 5.97 Å². The Bertz CT molecular complexity index is 1050. The van der Waals surface area contributed by atoms with E-state index in [4.69, 9.17) is 0 Å². The van der Waals surface area contributed by atoms with Crippen molar-refractivity contribution < 1.29 is 9.90 Å². The van der Waals surface area contributed by atoms with Crippen molar-refractivity contribution in [2.75, 3.05) is 0 Å². The molecule has 0 aliphatic rings. The molecule has 0 aromatic heterocycles. The number of unbranched alkanes of at least 4 members (excludes halogenated alkanes) is 7. The van der Waals surface area contributed by atoms with Crippen molar-refractivity contribution in [2.24, 2.45) is 0 Å². The molecule has 0 aliphatic carbocycles. The minimum atomic E-state index is -0.852. The van der Waals surface area contributed by atoms with Gasteiger partial charge in [0.15, 0.2) is 0 Å². The monoisotopic (exact) mass is 404 g/mol. The van der Waals surface area contributed by atoms with Crippen molar-refractivity contribution >= 4 is 27.5 Å². The molecule has 0 saturated heterocycles. The van der Waals surface area contributed by atoms with E-state index in [2.05, 4.69) is 39.8 Å². The molecule has 0 spiro atoms. The molecular weight excluding hydrogens is 368 g/mol. The van der Waals surface area contributed by atoms with Crippen molar-refractivity contribution in [1.82, 2.24) is 0 Å². The molecule has 0 saturated carbocycles. The van der Waals surface area contributed by atoms with E-state index in [0.717, 1.165) is 22.6 Å². The van der Waals surface area contributed by atoms with Crippen LogP contribution in [0, 0.1) is 20.8 Å². The summed E-state index contributed by atoms with van der Waals surface area (Å²) in [5, 5.41) is 14.1. The summed E-state index contributed by atoms with van der Waals surface area (Å²) in [6, 6.07) is 9.90. The van der Waals surface area contributed by atoms with Gasteiger partial charge in [0, 0.05) is 5.39 Å². The number of carbonyl (C=O) groups is 1. The Morgan fingerprint density at radius 2 is 1.43 bits per heavy atom. The molecule has 3 aromatic rings. The van der Waals surface area contributed by atoms with Gasteiger partial charge in [-0.25, -0.2) is 4.79 Å². The fourth-order valence-corrected chi connectivity index (χ4v) is 4.85. The van der Waals surface area contributed by atoms with E-state index >= 15 is 0 Å². The van der Waals surface area contributed by atoms with Crippen LogP contribution >= 0.6 is 0 Å². The SMILES string of the molecule is CCCCCCCCCCc1c(C)c(C)c(C)c2c1ccc1cccc(C(=O)O)c12. The second-order valence-corrected chi connectivity index (χ2v) is 8.78. The second-order valence-electron chi connectivity index (χ2n) is 8.78. The summed E-state index contributed by atoms with van der Waals surface area (Å²) in [6.07, 6.45) is 11.6. The lowest BCUT2D eigenvalue weighted by molar-refractivity contribution is 0.0699. The summed E-state index contributed by atoms with van der Waals surface area (Å²) in [5.74, 6) is -0.852. The molecule has 2 heteroatoms. The Balaban J connectivity index is 1.94. The quantitative estimate of drug-likeness (QED) is 0.272. The van der Waals surface area contributed by atoms with Crippen LogP contribution in [0.25, 0.3) is 21.5 Å². The summed E-state index contributed by atoms with van der Waals surface area (Å²) < 4.78 is 0. The first-order valence-corrected chi connectivity index (χ1v) is 11.6. The van der Waals surface area contributed by atoms with E-state index in [1.807, 2.05) is 12.1 Å². The lowest BCUT2D eigenvalue weighted by Gasteiger charge is -2.19. The number of carboxylic acids is 1. The lowest BCUT2D eigenvalue weighted by Crippen LogP contribution is -2.02. The molecule has 2 nitrogen and oxygen atoms in total. The first kappa shape index (κ1) is 22.3. The van der Waals surface area contributed by atoms with Crippen LogP contribution < -0.4 is 0 Å². The molecule has 3 rings (SSSR count). The molecule has 3 aromatic carbocycles. The molecule has 30 heavy (non-hydrogen) atoms. The third-order valence-electron chi connectivity index (χ3n) is 6.83. The van der Waals surface area contributed by atoms with Gasteiger partial charge in [0.2, 0.25) is 0 Å². The first-order valence-electron chi connectivity index (χ1n) is 11.6. The molecule has 0 unspecified atom stereocenters. The van der Waals surface area contributed by atoms with Gasteiger partial charge in [0.1, 0.15) is 0 Å². The van der Waals surface area contributed by atoms with Crippen LogP contribution in [-0.4, -0.2) is 11.1 Å². The number of carboxylic acid groups (broad SMARTS) is 1. The van der Waals surface area contributed by atoms with Gasteiger partial charge in [-0.2, -0.15) is 0 Å². The number of hydrogen-bond donors (Lipinski definition) is 1. The average Bonchev–Trinajstić information content (AvgIpc) is 2.74. The maximum Gasteiger partial charge on any atom is 0.336 e. The predicted molar refractivity (Wildman–Crippen MR) is 129 cm³/mol. The van der Waals surface area contributed by atoms with E-state index in [0.29, 0.717) is 5.56 Å². The second kappa shape index (κ2) is 10.1. The third-order valence-corrected chi connectivity index (χ3v) is 6.83. The van der Waals surface area contributed by atoms with E-state index in [1.54, 1.807) is 6.07 Å². The minimum absolute atomic E-state index is 0.405. The van der Waals surface area contributed by atoms with Crippen LogP contribution in [0.5, 0.6) is 0 Å². The summed E-state index contributed by atoms with van der Waals surface area (Å²) in [5.41, 5.74) is 5.69. The zero-order valence-corrected chi connectivity index (χ0v) is 19.1. The van der Waals surface area contributed by atoms with Crippen LogP contribution in [0.1, 0.15) is 90.9 Å². The number of benzene rings is 3. The summed E-state index contributed by atoms with van der Waals surface area (Å²) in [6.45, 7) is 8.82. The van der Waals surface area contributed by atoms with Crippen molar-refractivity contribution in [3.8, 4) is 0 Å². The summed E-state index contributed by atoms with van der Waals surface area (Å²) in [7, 11) is 0. The van der Waals surface area contributed by atoms with Crippen molar-refractivity contribution in [2.45, 2.75) is 85.5 Å². The van der Waals surface area contributed by atoms with E-state index in [1.165, 1.54) is 79.0 Å². The molecule has 0 amide bonds. The van der Waals surface area contributed by atoms with Crippen LogP contribution in [-0.2, 0) is 6.42 Å². The third kappa shape index (κ3) is 4.53. The normalized spacial score (nSPS) is 11.5. The fraction of sp³-hybridized carbons (Fsp3) is 0.464. The van der Waals surface area contributed by atoms with Crippen LogP contribution in [0.3, 0.4) is 0 Å². The zero-order chi connectivity index (χ0) is 21.7. The molecule has 0 aliphatic heterocycles. The van der Waals surface area contributed by atoms with Gasteiger partial charge < -0.3 is 5.11 Å². The molecule has 160 valence electrons. The Morgan fingerprint density at radius 1 is 0.767 bits per heavy atom. The van der Waals surface area contributed by atoms with Crippen molar-refractivity contribution in [3.63, 3.8) is 0 Å². The first-order chi connectivity index (χ1) is 14.5. The maximum atomic E-state index is 11.9. The predicted octanol–water partition coefficient (Wildman–Crippen LogP) is 8.30. The average molecular weight is 405 g/mol. The van der Waals surface area contributed by atoms with Gasteiger partial charge in [0.05, 0.1) is 5.56 Å². The van der Waals surface area contributed by atoms with Crippen LogP contribution in [0.2, 0.25) is 0 Å². The number of aryl methyl sites for hydroxylation is 2. The molecule has 1 N–H and O–H groups in total. The number of fused-ring (bicyclic) bond motifs is 3.